The van der Waals surface area contributed by atoms with Gasteiger partial charge in [-0.1, -0.05) is 36.8 Å². The van der Waals surface area contributed by atoms with Gasteiger partial charge in [0.2, 0.25) is 0 Å². The molecule has 0 bridgehead atoms. The summed E-state index contributed by atoms with van der Waals surface area (Å²) in [4.78, 5) is 35.1. The average molecular weight is 388 g/mol. The monoisotopic (exact) mass is 388 g/mol. The molecule has 0 aliphatic carbocycles. The molecule has 2 aliphatic rings. The Morgan fingerprint density at radius 2 is 1.79 bits per heavy atom. The molecule has 0 saturated heterocycles. The third kappa shape index (κ3) is 3.70. The number of hydrogen-bond acceptors (Lipinski definition) is 4. The highest BCUT2D eigenvalue weighted by molar-refractivity contribution is 5.81. The summed E-state index contributed by atoms with van der Waals surface area (Å²) < 4.78 is 1.97. The lowest BCUT2D eigenvalue weighted by Gasteiger charge is -2.18. The van der Waals surface area contributed by atoms with Crippen molar-refractivity contribution in [3.05, 3.63) is 79.5 Å². The molecule has 2 aliphatic heterocycles. The maximum absolute atomic E-state index is 12.4. The molecule has 6 nitrogen and oxygen atoms in total. The number of benzene rings is 2. The lowest BCUT2D eigenvalue weighted by Crippen LogP contribution is -2.29. The zero-order valence-electron chi connectivity index (χ0n) is 17.0. The predicted molar refractivity (Wildman–Crippen MR) is 115 cm³/mol. The van der Waals surface area contributed by atoms with Crippen molar-refractivity contribution in [2.45, 2.75) is 46.6 Å². The highest BCUT2D eigenvalue weighted by Crippen LogP contribution is 2.25. The lowest BCUT2D eigenvalue weighted by molar-refractivity contribution is 0.648. The predicted octanol–water partition coefficient (Wildman–Crippen LogP) is 3.40. The Labute approximate surface area is 168 Å². The SMILES string of the molecule is CCc1cc2nc3c(=O)[nH]c(=O)nc-3n(CCCc3ccc(C)cc3)c2cc1C. The number of hydrogen-bond donors (Lipinski definition) is 1. The van der Waals surface area contributed by atoms with E-state index in [0.717, 1.165) is 30.3 Å². The zero-order valence-corrected chi connectivity index (χ0v) is 17.0. The van der Waals surface area contributed by atoms with Crippen molar-refractivity contribution in [2.24, 2.45) is 0 Å². The summed E-state index contributed by atoms with van der Waals surface area (Å²) in [6.45, 7) is 6.89. The van der Waals surface area contributed by atoms with Crippen LogP contribution in [0.5, 0.6) is 0 Å². The van der Waals surface area contributed by atoms with Gasteiger partial charge in [-0.25, -0.2) is 9.78 Å². The van der Waals surface area contributed by atoms with Gasteiger partial charge in [0.25, 0.3) is 5.56 Å². The van der Waals surface area contributed by atoms with Crippen molar-refractivity contribution >= 4 is 11.0 Å². The largest absolute Gasteiger partial charge is 0.349 e. The number of fused-ring (bicyclic) bond motifs is 2. The Morgan fingerprint density at radius 1 is 1.03 bits per heavy atom. The Kier molecular flexibility index (Phi) is 5.01. The van der Waals surface area contributed by atoms with Gasteiger partial charge in [0.15, 0.2) is 11.5 Å². The third-order valence-electron chi connectivity index (χ3n) is 5.42. The lowest BCUT2D eigenvalue weighted by atomic mass is 10.0. The Balaban J connectivity index is 1.81. The third-order valence-corrected chi connectivity index (χ3v) is 5.42. The van der Waals surface area contributed by atoms with Crippen LogP contribution in [0, 0.1) is 13.8 Å². The molecule has 0 saturated carbocycles. The molecular weight excluding hydrogens is 364 g/mol. The standard InChI is InChI=1S/C23H24N4O2/c1-4-17-13-18-19(12-15(17)3)27(11-5-6-16-9-7-14(2)8-10-16)21-20(24-18)22(28)26-23(29)25-21/h7-10,12-13H,4-6,11H2,1-3H3,(H,26,28,29). The second-order valence-corrected chi connectivity index (χ2v) is 7.52. The van der Waals surface area contributed by atoms with Crippen molar-refractivity contribution in [1.82, 2.24) is 19.5 Å². The minimum absolute atomic E-state index is 0.207. The minimum Gasteiger partial charge on any atom is -0.322 e. The Morgan fingerprint density at radius 3 is 2.52 bits per heavy atom. The normalized spacial score (nSPS) is 11.4. The number of H-pyrrole nitrogens is 1. The molecule has 148 valence electrons. The average Bonchev–Trinajstić information content (AvgIpc) is 2.69. The van der Waals surface area contributed by atoms with Gasteiger partial charge < -0.3 is 4.57 Å². The highest BCUT2D eigenvalue weighted by Gasteiger charge is 2.19. The van der Waals surface area contributed by atoms with E-state index in [0.29, 0.717) is 12.4 Å². The molecule has 0 atom stereocenters. The maximum Gasteiger partial charge on any atom is 0.349 e. The molecule has 0 fully saturated rings. The molecule has 1 N–H and O–H groups in total. The smallest absolute Gasteiger partial charge is 0.322 e. The summed E-state index contributed by atoms with van der Waals surface area (Å²) in [6, 6.07) is 12.6. The van der Waals surface area contributed by atoms with Gasteiger partial charge in [-0.05, 0) is 61.9 Å². The highest BCUT2D eigenvalue weighted by atomic mass is 16.2. The molecule has 0 radical (unpaired) electrons. The molecule has 0 spiro atoms. The van der Waals surface area contributed by atoms with Gasteiger partial charge in [-0.2, -0.15) is 4.98 Å². The fraction of sp³-hybridized carbons (Fsp3) is 0.304. The van der Waals surface area contributed by atoms with Crippen LogP contribution in [0.15, 0.2) is 46.0 Å². The quantitative estimate of drug-likeness (QED) is 0.532. The van der Waals surface area contributed by atoms with Crippen LogP contribution >= 0.6 is 0 Å². The van der Waals surface area contributed by atoms with Crippen molar-refractivity contribution < 1.29 is 0 Å². The molecule has 29 heavy (non-hydrogen) atoms. The molecular formula is C23H24N4O2. The van der Waals surface area contributed by atoms with Crippen LogP contribution in [0.4, 0.5) is 0 Å². The van der Waals surface area contributed by atoms with Crippen LogP contribution in [0.2, 0.25) is 0 Å². The van der Waals surface area contributed by atoms with Crippen LogP contribution in [0.25, 0.3) is 22.6 Å². The van der Waals surface area contributed by atoms with E-state index in [2.05, 4.69) is 66.1 Å². The molecule has 0 unspecified atom stereocenters. The van der Waals surface area contributed by atoms with Crippen molar-refractivity contribution in [3.8, 4) is 11.5 Å². The fourth-order valence-corrected chi connectivity index (χ4v) is 3.79. The summed E-state index contributed by atoms with van der Waals surface area (Å²) in [5.74, 6) is 0.346. The molecule has 2 heterocycles. The summed E-state index contributed by atoms with van der Waals surface area (Å²) in [7, 11) is 0. The van der Waals surface area contributed by atoms with Gasteiger partial charge >= 0.3 is 5.69 Å². The topological polar surface area (TPSA) is 80.6 Å². The molecule has 0 aromatic heterocycles. The van der Waals surface area contributed by atoms with Gasteiger partial charge in [-0.3, -0.25) is 9.78 Å². The Hall–Kier alpha value is -3.28. The van der Waals surface area contributed by atoms with Crippen molar-refractivity contribution in [1.29, 1.82) is 0 Å². The zero-order chi connectivity index (χ0) is 20.5. The van der Waals surface area contributed by atoms with Crippen LogP contribution < -0.4 is 11.2 Å². The molecule has 2 aromatic rings. The first-order chi connectivity index (χ1) is 14.0. The summed E-state index contributed by atoms with van der Waals surface area (Å²) >= 11 is 0. The Bertz CT molecular complexity index is 1270. The van der Waals surface area contributed by atoms with E-state index in [1.807, 2.05) is 10.6 Å². The summed E-state index contributed by atoms with van der Waals surface area (Å²) in [5.41, 5.74) is 5.58. The number of aromatic amines is 1. The number of aryl methyl sites for hydroxylation is 5. The number of nitrogens with zero attached hydrogens (tertiary/aromatic N) is 3. The maximum atomic E-state index is 12.4. The fourth-order valence-electron chi connectivity index (χ4n) is 3.79. The second-order valence-electron chi connectivity index (χ2n) is 7.52. The van der Waals surface area contributed by atoms with Crippen molar-refractivity contribution in [3.63, 3.8) is 0 Å². The molecule has 2 aromatic carbocycles. The van der Waals surface area contributed by atoms with E-state index in [1.165, 1.54) is 22.3 Å². The minimum atomic E-state index is -0.641. The second kappa shape index (κ2) is 7.62. The van der Waals surface area contributed by atoms with E-state index < -0.39 is 11.2 Å². The van der Waals surface area contributed by atoms with Crippen molar-refractivity contribution in [2.75, 3.05) is 0 Å². The van der Waals surface area contributed by atoms with E-state index in [1.54, 1.807) is 0 Å². The van der Waals surface area contributed by atoms with Crippen LogP contribution in [0.3, 0.4) is 0 Å². The van der Waals surface area contributed by atoms with Gasteiger partial charge in [0.05, 0.1) is 11.0 Å². The molecule has 6 heteroatoms. The van der Waals surface area contributed by atoms with Gasteiger partial charge in [-0.15, -0.1) is 0 Å². The van der Waals surface area contributed by atoms with E-state index in [9.17, 15) is 9.59 Å². The number of aromatic nitrogens is 4. The molecule has 0 amide bonds. The first-order valence-corrected chi connectivity index (χ1v) is 9.96. The number of rotatable bonds is 5. The molecule has 4 rings (SSSR count). The van der Waals surface area contributed by atoms with E-state index >= 15 is 0 Å². The summed E-state index contributed by atoms with van der Waals surface area (Å²) in [6.07, 6.45) is 2.65. The first kappa shape index (κ1) is 19.1. The van der Waals surface area contributed by atoms with Crippen LogP contribution in [-0.2, 0) is 19.4 Å². The number of nitrogens with one attached hydrogen (secondary N) is 1. The van der Waals surface area contributed by atoms with E-state index in [-0.39, 0.29) is 5.69 Å². The summed E-state index contributed by atoms with van der Waals surface area (Å²) in [5, 5.41) is 0. The van der Waals surface area contributed by atoms with E-state index in [4.69, 9.17) is 0 Å². The van der Waals surface area contributed by atoms with Crippen LogP contribution in [0.1, 0.15) is 35.6 Å². The van der Waals surface area contributed by atoms with Gasteiger partial charge in [0.1, 0.15) is 0 Å². The first-order valence-electron chi connectivity index (χ1n) is 9.96. The van der Waals surface area contributed by atoms with Crippen LogP contribution in [-0.4, -0.2) is 19.5 Å². The van der Waals surface area contributed by atoms with Gasteiger partial charge in [0, 0.05) is 6.54 Å².